The summed E-state index contributed by atoms with van der Waals surface area (Å²) in [5, 5.41) is 8.50. The summed E-state index contributed by atoms with van der Waals surface area (Å²) >= 11 is 0. The first kappa shape index (κ1) is 15.0. The van der Waals surface area contributed by atoms with E-state index in [0.717, 1.165) is 10.9 Å². The normalized spacial score (nSPS) is 10.7. The molecule has 1 aromatic heterocycles. The number of aryl methyl sites for hydroxylation is 2. The van der Waals surface area contributed by atoms with Crippen LogP contribution < -0.4 is 10.9 Å². The predicted octanol–water partition coefficient (Wildman–Crippen LogP) is 2.17. The van der Waals surface area contributed by atoms with Crippen molar-refractivity contribution in [3.63, 3.8) is 0 Å². The molecular formula is C18H17N3O2. The fourth-order valence-corrected chi connectivity index (χ4v) is 2.56. The van der Waals surface area contributed by atoms with Crippen LogP contribution in [-0.2, 0) is 13.6 Å². The number of hydrogen-bond donors (Lipinski definition) is 1. The molecule has 0 radical (unpaired) electrons. The van der Waals surface area contributed by atoms with Gasteiger partial charge in [0.1, 0.15) is 0 Å². The Morgan fingerprint density at radius 1 is 1.13 bits per heavy atom. The Balaban J connectivity index is 1.89. The molecule has 0 atom stereocenters. The third kappa shape index (κ3) is 2.99. The SMILES string of the molecule is Cc1cccc(C(=O)NCc2nn(C)c(=O)c3ccccc23)c1. The number of benzene rings is 2. The molecule has 5 nitrogen and oxygen atoms in total. The van der Waals surface area contributed by atoms with Gasteiger partial charge in [0.05, 0.1) is 17.6 Å². The highest BCUT2D eigenvalue weighted by Gasteiger charge is 2.10. The predicted molar refractivity (Wildman–Crippen MR) is 89.3 cm³/mol. The van der Waals surface area contributed by atoms with Crippen LogP contribution in [0.4, 0.5) is 0 Å². The number of carbonyl (C=O) groups is 1. The minimum absolute atomic E-state index is 0.144. The highest BCUT2D eigenvalue weighted by Crippen LogP contribution is 2.13. The summed E-state index contributed by atoms with van der Waals surface area (Å²) in [5.74, 6) is -0.159. The lowest BCUT2D eigenvalue weighted by Crippen LogP contribution is -2.27. The second-order valence-corrected chi connectivity index (χ2v) is 5.47. The smallest absolute Gasteiger partial charge is 0.274 e. The number of nitrogens with zero attached hydrogens (tertiary/aromatic N) is 2. The number of amides is 1. The Morgan fingerprint density at radius 3 is 2.61 bits per heavy atom. The summed E-state index contributed by atoms with van der Waals surface area (Å²) in [7, 11) is 1.61. The first-order valence-electron chi connectivity index (χ1n) is 7.36. The van der Waals surface area contributed by atoms with E-state index in [1.807, 2.05) is 43.3 Å². The van der Waals surface area contributed by atoms with Crippen molar-refractivity contribution in [3.05, 3.63) is 75.7 Å². The molecule has 0 aliphatic heterocycles. The van der Waals surface area contributed by atoms with E-state index in [-0.39, 0.29) is 18.0 Å². The number of nitrogens with one attached hydrogen (secondary N) is 1. The van der Waals surface area contributed by atoms with Gasteiger partial charge >= 0.3 is 0 Å². The van der Waals surface area contributed by atoms with Gasteiger partial charge in [0.15, 0.2) is 0 Å². The average Bonchev–Trinajstić information content (AvgIpc) is 2.56. The molecule has 1 heterocycles. The topological polar surface area (TPSA) is 64.0 Å². The van der Waals surface area contributed by atoms with Crippen LogP contribution in [-0.4, -0.2) is 15.7 Å². The van der Waals surface area contributed by atoms with Crippen LogP contribution in [0.25, 0.3) is 10.8 Å². The van der Waals surface area contributed by atoms with Gasteiger partial charge in [-0.3, -0.25) is 9.59 Å². The molecule has 1 N–H and O–H groups in total. The monoisotopic (exact) mass is 307 g/mol. The maximum Gasteiger partial charge on any atom is 0.274 e. The highest BCUT2D eigenvalue weighted by molar-refractivity contribution is 5.94. The van der Waals surface area contributed by atoms with Crippen LogP contribution in [0, 0.1) is 6.92 Å². The maximum atomic E-state index is 12.3. The van der Waals surface area contributed by atoms with Gasteiger partial charge in [0, 0.05) is 18.0 Å². The van der Waals surface area contributed by atoms with Gasteiger partial charge in [0.25, 0.3) is 11.5 Å². The van der Waals surface area contributed by atoms with Gasteiger partial charge in [-0.15, -0.1) is 0 Å². The number of hydrogen-bond acceptors (Lipinski definition) is 3. The van der Waals surface area contributed by atoms with E-state index < -0.39 is 0 Å². The maximum absolute atomic E-state index is 12.3. The van der Waals surface area contributed by atoms with Crippen molar-refractivity contribution in [3.8, 4) is 0 Å². The molecule has 0 bridgehead atoms. The molecule has 0 fully saturated rings. The van der Waals surface area contributed by atoms with Gasteiger partial charge in [-0.2, -0.15) is 5.10 Å². The lowest BCUT2D eigenvalue weighted by atomic mass is 10.1. The molecule has 1 amide bonds. The Hall–Kier alpha value is -2.95. The Labute approximate surface area is 133 Å². The van der Waals surface area contributed by atoms with Crippen molar-refractivity contribution < 1.29 is 4.79 Å². The van der Waals surface area contributed by atoms with E-state index in [9.17, 15) is 9.59 Å². The summed E-state index contributed by atoms with van der Waals surface area (Å²) in [5.41, 5.74) is 2.17. The van der Waals surface area contributed by atoms with Crippen molar-refractivity contribution in [1.82, 2.24) is 15.1 Å². The van der Waals surface area contributed by atoms with E-state index in [2.05, 4.69) is 10.4 Å². The lowest BCUT2D eigenvalue weighted by molar-refractivity contribution is 0.0950. The van der Waals surface area contributed by atoms with Gasteiger partial charge in [0.2, 0.25) is 0 Å². The zero-order valence-corrected chi connectivity index (χ0v) is 13.0. The van der Waals surface area contributed by atoms with Crippen LogP contribution in [0.3, 0.4) is 0 Å². The molecule has 23 heavy (non-hydrogen) atoms. The third-order valence-corrected chi connectivity index (χ3v) is 3.73. The van der Waals surface area contributed by atoms with Gasteiger partial charge in [-0.1, -0.05) is 35.9 Å². The molecule has 2 aromatic carbocycles. The van der Waals surface area contributed by atoms with Crippen molar-refractivity contribution in [1.29, 1.82) is 0 Å². The van der Waals surface area contributed by atoms with E-state index in [1.54, 1.807) is 19.2 Å². The molecule has 0 unspecified atom stereocenters. The first-order chi connectivity index (χ1) is 11.1. The van der Waals surface area contributed by atoms with E-state index >= 15 is 0 Å². The van der Waals surface area contributed by atoms with Crippen LogP contribution in [0.15, 0.2) is 53.3 Å². The first-order valence-corrected chi connectivity index (χ1v) is 7.36. The summed E-state index contributed by atoms with van der Waals surface area (Å²) in [4.78, 5) is 24.3. The standard InChI is InChI=1S/C18H17N3O2/c1-12-6-5-7-13(10-12)17(22)19-11-16-14-8-3-4-9-15(14)18(23)21(2)20-16/h3-10H,11H2,1-2H3,(H,19,22). The molecule has 5 heteroatoms. The molecule has 0 aliphatic carbocycles. The molecule has 0 saturated heterocycles. The van der Waals surface area contributed by atoms with Gasteiger partial charge in [-0.25, -0.2) is 4.68 Å². The molecule has 0 spiro atoms. The number of rotatable bonds is 3. The molecule has 0 saturated carbocycles. The van der Waals surface area contributed by atoms with Crippen molar-refractivity contribution in [2.24, 2.45) is 7.05 Å². The minimum atomic E-state index is -0.159. The zero-order valence-electron chi connectivity index (χ0n) is 13.0. The average molecular weight is 307 g/mol. The Kier molecular flexibility index (Phi) is 3.93. The Bertz CT molecular complexity index is 944. The second-order valence-electron chi connectivity index (χ2n) is 5.47. The van der Waals surface area contributed by atoms with Gasteiger partial charge < -0.3 is 5.32 Å². The fourth-order valence-electron chi connectivity index (χ4n) is 2.56. The van der Waals surface area contributed by atoms with Crippen LogP contribution in [0.2, 0.25) is 0 Å². The number of carbonyl (C=O) groups excluding carboxylic acids is 1. The fraction of sp³-hybridized carbons (Fsp3) is 0.167. The van der Waals surface area contributed by atoms with Crippen LogP contribution in [0.1, 0.15) is 21.6 Å². The molecule has 116 valence electrons. The van der Waals surface area contributed by atoms with Crippen molar-refractivity contribution in [2.75, 3.05) is 0 Å². The summed E-state index contributed by atoms with van der Waals surface area (Å²) < 4.78 is 1.30. The van der Waals surface area contributed by atoms with E-state index in [4.69, 9.17) is 0 Å². The van der Waals surface area contributed by atoms with E-state index in [0.29, 0.717) is 16.6 Å². The minimum Gasteiger partial charge on any atom is -0.346 e. The van der Waals surface area contributed by atoms with Gasteiger partial charge in [-0.05, 0) is 25.1 Å². The highest BCUT2D eigenvalue weighted by atomic mass is 16.1. The third-order valence-electron chi connectivity index (χ3n) is 3.73. The summed E-state index contributed by atoms with van der Waals surface area (Å²) in [6.07, 6.45) is 0. The van der Waals surface area contributed by atoms with E-state index in [1.165, 1.54) is 4.68 Å². The second kappa shape index (κ2) is 6.04. The number of fused-ring (bicyclic) bond motifs is 1. The number of aromatic nitrogens is 2. The zero-order chi connectivity index (χ0) is 16.4. The molecular weight excluding hydrogens is 290 g/mol. The molecule has 0 aliphatic rings. The lowest BCUT2D eigenvalue weighted by Gasteiger charge is -2.09. The van der Waals surface area contributed by atoms with Crippen LogP contribution in [0.5, 0.6) is 0 Å². The quantitative estimate of drug-likeness (QED) is 0.806. The molecule has 3 aromatic rings. The van der Waals surface area contributed by atoms with Crippen LogP contribution >= 0.6 is 0 Å². The van der Waals surface area contributed by atoms with Crippen molar-refractivity contribution in [2.45, 2.75) is 13.5 Å². The summed E-state index contributed by atoms with van der Waals surface area (Å²) in [6, 6.07) is 14.7. The van der Waals surface area contributed by atoms with Crippen molar-refractivity contribution >= 4 is 16.7 Å². The molecule has 3 rings (SSSR count). The largest absolute Gasteiger partial charge is 0.346 e. The Morgan fingerprint density at radius 2 is 1.87 bits per heavy atom. The summed E-state index contributed by atoms with van der Waals surface area (Å²) in [6.45, 7) is 2.21.